The van der Waals surface area contributed by atoms with Crippen molar-refractivity contribution in [3.63, 3.8) is 0 Å². The van der Waals surface area contributed by atoms with E-state index in [0.717, 1.165) is 11.8 Å². The Bertz CT molecular complexity index is 227. The third-order valence-corrected chi connectivity index (χ3v) is 4.39. The molecule has 2 unspecified atom stereocenters. The summed E-state index contributed by atoms with van der Waals surface area (Å²) in [4.78, 5) is 0. The Balaban J connectivity index is 2.67. The molecular formula is C15H28. The molecular weight excluding hydrogens is 180 g/mol. The molecule has 15 heavy (non-hydrogen) atoms. The van der Waals surface area contributed by atoms with Gasteiger partial charge in [0.15, 0.2) is 0 Å². The van der Waals surface area contributed by atoms with Gasteiger partial charge in [-0.2, -0.15) is 0 Å². The van der Waals surface area contributed by atoms with Crippen molar-refractivity contribution in [1.29, 1.82) is 0 Å². The van der Waals surface area contributed by atoms with Gasteiger partial charge in [-0.1, -0.05) is 60.1 Å². The van der Waals surface area contributed by atoms with Crippen LogP contribution in [-0.2, 0) is 0 Å². The van der Waals surface area contributed by atoms with Gasteiger partial charge in [-0.3, -0.25) is 0 Å². The highest BCUT2D eigenvalue weighted by atomic mass is 14.4. The molecule has 2 atom stereocenters. The van der Waals surface area contributed by atoms with Crippen LogP contribution in [0.15, 0.2) is 12.2 Å². The average molecular weight is 208 g/mol. The fourth-order valence-corrected chi connectivity index (χ4v) is 2.45. The van der Waals surface area contributed by atoms with Gasteiger partial charge < -0.3 is 0 Å². The lowest BCUT2D eigenvalue weighted by Crippen LogP contribution is -2.28. The maximum Gasteiger partial charge on any atom is -0.0182 e. The highest BCUT2D eigenvalue weighted by Gasteiger charge is 2.31. The van der Waals surface area contributed by atoms with Crippen molar-refractivity contribution < 1.29 is 0 Å². The van der Waals surface area contributed by atoms with Crippen LogP contribution in [0.3, 0.4) is 0 Å². The minimum atomic E-state index is 0.442. The van der Waals surface area contributed by atoms with E-state index in [0.29, 0.717) is 10.8 Å². The van der Waals surface area contributed by atoms with Crippen LogP contribution < -0.4 is 0 Å². The molecule has 0 spiro atoms. The number of hydrogen-bond donors (Lipinski definition) is 0. The molecule has 0 aromatic rings. The molecule has 0 fully saturated rings. The molecule has 0 heteroatoms. The normalized spacial score (nSPS) is 28.1. The second-order valence-corrected chi connectivity index (χ2v) is 6.88. The first kappa shape index (κ1) is 12.8. The zero-order valence-electron chi connectivity index (χ0n) is 11.4. The summed E-state index contributed by atoms with van der Waals surface area (Å²) in [5, 5.41) is 0. The van der Waals surface area contributed by atoms with Gasteiger partial charge in [0.05, 0.1) is 0 Å². The van der Waals surface area contributed by atoms with E-state index in [1.165, 1.54) is 19.3 Å². The lowest BCUT2D eigenvalue weighted by atomic mass is 9.67. The van der Waals surface area contributed by atoms with E-state index in [4.69, 9.17) is 0 Å². The highest BCUT2D eigenvalue weighted by Crippen LogP contribution is 2.42. The Morgan fingerprint density at radius 2 is 1.40 bits per heavy atom. The zero-order valence-corrected chi connectivity index (χ0v) is 11.4. The van der Waals surface area contributed by atoms with E-state index in [2.05, 4.69) is 53.7 Å². The van der Waals surface area contributed by atoms with Crippen LogP contribution in [0.4, 0.5) is 0 Å². The summed E-state index contributed by atoms with van der Waals surface area (Å²) in [5.41, 5.74) is 0.928. The molecule has 0 amide bonds. The van der Waals surface area contributed by atoms with Crippen LogP contribution in [0.5, 0.6) is 0 Å². The first-order chi connectivity index (χ1) is 6.77. The van der Waals surface area contributed by atoms with Crippen LogP contribution in [-0.4, -0.2) is 0 Å². The fourth-order valence-electron chi connectivity index (χ4n) is 2.45. The van der Waals surface area contributed by atoms with Gasteiger partial charge in [0.25, 0.3) is 0 Å². The largest absolute Gasteiger partial charge is 0.0846 e. The second-order valence-electron chi connectivity index (χ2n) is 6.88. The Hall–Kier alpha value is -0.260. The molecule has 0 N–H and O–H groups in total. The van der Waals surface area contributed by atoms with E-state index in [1.54, 1.807) is 0 Å². The van der Waals surface area contributed by atoms with Crippen molar-refractivity contribution in [2.45, 2.75) is 60.8 Å². The summed E-state index contributed by atoms with van der Waals surface area (Å²) in [6.07, 6.45) is 8.99. The Morgan fingerprint density at radius 3 is 1.73 bits per heavy atom. The van der Waals surface area contributed by atoms with E-state index in [1.807, 2.05) is 0 Å². The second kappa shape index (κ2) is 4.31. The summed E-state index contributed by atoms with van der Waals surface area (Å²) < 4.78 is 0. The van der Waals surface area contributed by atoms with Gasteiger partial charge >= 0.3 is 0 Å². The summed E-state index contributed by atoms with van der Waals surface area (Å²) in [6, 6.07) is 0. The first-order valence-corrected chi connectivity index (χ1v) is 6.45. The van der Waals surface area contributed by atoms with Crippen molar-refractivity contribution in [3.05, 3.63) is 12.2 Å². The molecule has 0 heterocycles. The molecule has 0 aromatic heterocycles. The van der Waals surface area contributed by atoms with E-state index >= 15 is 0 Å². The minimum absolute atomic E-state index is 0.442. The van der Waals surface area contributed by atoms with E-state index < -0.39 is 0 Å². The molecule has 0 bridgehead atoms. The summed E-state index contributed by atoms with van der Waals surface area (Å²) in [7, 11) is 0. The molecule has 0 saturated carbocycles. The Kier molecular flexibility index (Phi) is 3.68. The molecule has 0 saturated heterocycles. The lowest BCUT2D eigenvalue weighted by Gasteiger charge is -2.38. The zero-order chi connectivity index (χ0) is 11.7. The van der Waals surface area contributed by atoms with Crippen LogP contribution in [0.25, 0.3) is 0 Å². The van der Waals surface area contributed by atoms with E-state index in [9.17, 15) is 0 Å². The molecule has 0 aromatic carbocycles. The quantitative estimate of drug-likeness (QED) is 0.557. The number of rotatable bonds is 2. The maximum atomic E-state index is 2.49. The smallest absolute Gasteiger partial charge is 0.0182 e. The maximum absolute atomic E-state index is 2.49. The predicted octanol–water partition coefficient (Wildman–Crippen LogP) is 5.05. The monoisotopic (exact) mass is 208 g/mol. The first-order valence-electron chi connectivity index (χ1n) is 6.45. The van der Waals surface area contributed by atoms with Crippen LogP contribution in [0.1, 0.15) is 60.8 Å². The molecule has 1 aliphatic carbocycles. The molecule has 88 valence electrons. The van der Waals surface area contributed by atoms with Gasteiger partial charge in [0.1, 0.15) is 0 Å². The third kappa shape index (κ3) is 3.09. The van der Waals surface area contributed by atoms with Gasteiger partial charge in [-0.25, -0.2) is 0 Å². The Morgan fingerprint density at radius 1 is 0.933 bits per heavy atom. The van der Waals surface area contributed by atoms with Crippen molar-refractivity contribution in [2.75, 3.05) is 0 Å². The van der Waals surface area contributed by atoms with Gasteiger partial charge in [-0.05, 0) is 35.5 Å². The molecule has 1 rings (SSSR count). The van der Waals surface area contributed by atoms with Crippen molar-refractivity contribution in [2.24, 2.45) is 22.7 Å². The van der Waals surface area contributed by atoms with Crippen molar-refractivity contribution >= 4 is 0 Å². The van der Waals surface area contributed by atoms with E-state index in [-0.39, 0.29) is 0 Å². The molecule has 1 aliphatic rings. The number of hydrogen-bond acceptors (Lipinski definition) is 0. The summed E-state index contributed by atoms with van der Waals surface area (Å²) in [5.74, 6) is 1.57. The Labute approximate surface area is 96.2 Å². The summed E-state index contributed by atoms with van der Waals surface area (Å²) in [6.45, 7) is 14.2. The van der Waals surface area contributed by atoms with Crippen molar-refractivity contribution in [1.82, 2.24) is 0 Å². The van der Waals surface area contributed by atoms with Gasteiger partial charge in [0, 0.05) is 0 Å². The SMILES string of the molecule is CCC(C)(C)C1C=CC(C(C)(C)C)CC1. The molecule has 0 radical (unpaired) electrons. The van der Waals surface area contributed by atoms with Gasteiger partial charge in [0.2, 0.25) is 0 Å². The fraction of sp³-hybridized carbons (Fsp3) is 0.867. The van der Waals surface area contributed by atoms with Crippen LogP contribution >= 0.6 is 0 Å². The van der Waals surface area contributed by atoms with Crippen LogP contribution in [0, 0.1) is 22.7 Å². The highest BCUT2D eigenvalue weighted by molar-refractivity contribution is 5.04. The topological polar surface area (TPSA) is 0 Å². The minimum Gasteiger partial charge on any atom is -0.0846 e. The average Bonchev–Trinajstić information content (AvgIpc) is 2.17. The molecule has 0 aliphatic heterocycles. The van der Waals surface area contributed by atoms with Gasteiger partial charge in [-0.15, -0.1) is 0 Å². The lowest BCUT2D eigenvalue weighted by molar-refractivity contribution is 0.184. The number of allylic oxidation sites excluding steroid dienone is 2. The van der Waals surface area contributed by atoms with Crippen molar-refractivity contribution in [3.8, 4) is 0 Å². The molecule has 0 nitrogen and oxygen atoms in total. The third-order valence-electron chi connectivity index (χ3n) is 4.39. The predicted molar refractivity (Wildman–Crippen MR) is 68.9 cm³/mol. The van der Waals surface area contributed by atoms with Crippen LogP contribution in [0.2, 0.25) is 0 Å². The standard InChI is InChI=1S/C15H28/c1-7-15(5,6)13-10-8-12(9-11-13)14(2,3)4/h8,10,12-13H,7,9,11H2,1-6H3. The summed E-state index contributed by atoms with van der Waals surface area (Å²) >= 11 is 0.